The molecule has 1 aromatic carbocycles. The second kappa shape index (κ2) is 8.80. The van der Waals surface area contributed by atoms with Crippen molar-refractivity contribution in [2.75, 3.05) is 5.32 Å². The van der Waals surface area contributed by atoms with Gasteiger partial charge in [-0.25, -0.2) is 5.43 Å². The van der Waals surface area contributed by atoms with Crippen LogP contribution in [0, 0.1) is 17.0 Å². The van der Waals surface area contributed by atoms with E-state index < -0.39 is 10.8 Å². The van der Waals surface area contributed by atoms with Crippen LogP contribution < -0.4 is 10.7 Å². The number of hydrogen-bond acceptors (Lipinski definition) is 7. The molecule has 0 spiro atoms. The lowest BCUT2D eigenvalue weighted by molar-refractivity contribution is -0.384. The Morgan fingerprint density at radius 3 is 2.69 bits per heavy atom. The lowest BCUT2D eigenvalue weighted by atomic mass is 9.93. The van der Waals surface area contributed by atoms with Gasteiger partial charge in [-0.1, -0.05) is 6.07 Å². The highest BCUT2D eigenvalue weighted by Gasteiger charge is 2.28. The molecular weight excluding hydrogens is 414 g/mol. The highest BCUT2D eigenvalue weighted by atomic mass is 16.6. The number of hydrogen-bond donors (Lipinski definition) is 2. The predicted octanol–water partition coefficient (Wildman–Crippen LogP) is 3.61. The van der Waals surface area contributed by atoms with Crippen molar-refractivity contribution < 1.29 is 18.9 Å². The maximum atomic E-state index is 12.7. The summed E-state index contributed by atoms with van der Waals surface area (Å²) in [7, 11) is 0. The van der Waals surface area contributed by atoms with Gasteiger partial charge in [0.25, 0.3) is 17.5 Å². The molecule has 2 N–H and O–H groups in total. The van der Waals surface area contributed by atoms with Gasteiger partial charge in [0.05, 0.1) is 10.6 Å². The van der Waals surface area contributed by atoms with Gasteiger partial charge in [-0.05, 0) is 38.0 Å². The number of fused-ring (bicyclic) bond motifs is 1. The van der Waals surface area contributed by atoms with Crippen LogP contribution >= 0.6 is 0 Å². The standard InChI is InChI=1S/C22H19N5O5/c1-13-19-17(25-26-21(28)14-4-2-5-16(12-14)27(30)31)6-3-7-18(19)32-20(13)22(29)24-15-8-10-23-11-9-15/h2,4-5,8-12H,3,6-7H2,1H3,(H,26,28)(H,23,24,29)/b25-17+. The summed E-state index contributed by atoms with van der Waals surface area (Å²) in [5.41, 5.74) is 4.93. The molecule has 2 amide bonds. The third-order valence-corrected chi connectivity index (χ3v) is 5.08. The first-order valence-electron chi connectivity index (χ1n) is 9.89. The minimum absolute atomic E-state index is 0.126. The molecule has 0 saturated carbocycles. The number of furan rings is 1. The summed E-state index contributed by atoms with van der Waals surface area (Å²) in [6, 6.07) is 8.75. The quantitative estimate of drug-likeness (QED) is 0.465. The fourth-order valence-corrected chi connectivity index (χ4v) is 3.56. The van der Waals surface area contributed by atoms with E-state index >= 15 is 0 Å². The number of carbonyl (C=O) groups is 2. The molecule has 0 fully saturated rings. The first kappa shape index (κ1) is 20.9. The number of nitrogens with zero attached hydrogens (tertiary/aromatic N) is 3. The van der Waals surface area contributed by atoms with Crippen molar-refractivity contribution in [1.82, 2.24) is 10.4 Å². The Hall–Kier alpha value is -4.34. The zero-order chi connectivity index (χ0) is 22.7. The number of non-ortho nitro benzene ring substituents is 1. The van der Waals surface area contributed by atoms with Gasteiger partial charge < -0.3 is 9.73 Å². The van der Waals surface area contributed by atoms with E-state index in [1.165, 1.54) is 24.3 Å². The van der Waals surface area contributed by atoms with Crippen molar-refractivity contribution in [2.45, 2.75) is 26.2 Å². The molecule has 0 unspecified atom stereocenters. The predicted molar refractivity (Wildman–Crippen MR) is 116 cm³/mol. The highest BCUT2D eigenvalue weighted by molar-refractivity contribution is 6.09. The van der Waals surface area contributed by atoms with E-state index in [4.69, 9.17) is 4.42 Å². The normalized spacial score (nSPS) is 14.0. The molecule has 162 valence electrons. The summed E-state index contributed by atoms with van der Waals surface area (Å²) in [6.45, 7) is 1.77. The lowest BCUT2D eigenvalue weighted by Crippen LogP contribution is -2.22. The van der Waals surface area contributed by atoms with E-state index in [2.05, 4.69) is 20.8 Å². The van der Waals surface area contributed by atoms with Crippen molar-refractivity contribution in [2.24, 2.45) is 5.10 Å². The fourth-order valence-electron chi connectivity index (χ4n) is 3.56. The summed E-state index contributed by atoms with van der Waals surface area (Å²) in [5.74, 6) is -0.128. The van der Waals surface area contributed by atoms with Crippen molar-refractivity contribution in [3.05, 3.63) is 87.1 Å². The minimum atomic E-state index is -0.566. The maximum absolute atomic E-state index is 12.7. The van der Waals surface area contributed by atoms with E-state index in [1.807, 2.05) is 0 Å². The van der Waals surface area contributed by atoms with Gasteiger partial charge in [-0.3, -0.25) is 24.7 Å². The van der Waals surface area contributed by atoms with Gasteiger partial charge in [0, 0.05) is 53.3 Å². The number of aromatic nitrogens is 1. The Morgan fingerprint density at radius 1 is 1.16 bits per heavy atom. The number of aryl methyl sites for hydroxylation is 1. The molecule has 2 aromatic heterocycles. The number of pyridine rings is 1. The van der Waals surface area contributed by atoms with Gasteiger partial charge in [0.1, 0.15) is 5.76 Å². The lowest BCUT2D eigenvalue weighted by Gasteiger charge is -2.13. The monoisotopic (exact) mass is 433 g/mol. The van der Waals surface area contributed by atoms with Crippen molar-refractivity contribution in [1.29, 1.82) is 0 Å². The molecule has 2 heterocycles. The largest absolute Gasteiger partial charge is 0.455 e. The second-order valence-corrected chi connectivity index (χ2v) is 7.20. The molecule has 0 bridgehead atoms. The average molecular weight is 433 g/mol. The van der Waals surface area contributed by atoms with Crippen LogP contribution in [0.5, 0.6) is 0 Å². The van der Waals surface area contributed by atoms with Gasteiger partial charge in [0.15, 0.2) is 5.76 Å². The highest BCUT2D eigenvalue weighted by Crippen LogP contribution is 2.30. The van der Waals surface area contributed by atoms with Crippen LogP contribution in [-0.2, 0) is 6.42 Å². The van der Waals surface area contributed by atoms with E-state index in [-0.39, 0.29) is 22.9 Å². The topological polar surface area (TPSA) is 140 Å². The first-order valence-corrected chi connectivity index (χ1v) is 9.89. The molecule has 10 heteroatoms. The summed E-state index contributed by atoms with van der Waals surface area (Å²) in [6.07, 6.45) is 5.14. The molecule has 4 rings (SSSR count). The molecule has 0 saturated heterocycles. The Bertz CT molecular complexity index is 1230. The van der Waals surface area contributed by atoms with Crippen LogP contribution in [0.3, 0.4) is 0 Å². The van der Waals surface area contributed by atoms with E-state index in [0.29, 0.717) is 41.1 Å². The van der Waals surface area contributed by atoms with Crippen LogP contribution in [0.2, 0.25) is 0 Å². The van der Waals surface area contributed by atoms with E-state index in [0.717, 1.165) is 6.42 Å². The number of amides is 2. The molecule has 0 aliphatic heterocycles. The van der Waals surface area contributed by atoms with Crippen LogP contribution in [0.15, 0.2) is 58.3 Å². The Balaban J connectivity index is 1.56. The van der Waals surface area contributed by atoms with Crippen LogP contribution in [-0.4, -0.2) is 27.4 Å². The van der Waals surface area contributed by atoms with Gasteiger partial charge in [0.2, 0.25) is 0 Å². The number of nitro groups is 1. The van der Waals surface area contributed by atoms with Gasteiger partial charge in [-0.15, -0.1) is 0 Å². The van der Waals surface area contributed by atoms with Crippen molar-refractivity contribution >= 4 is 28.9 Å². The van der Waals surface area contributed by atoms with Crippen molar-refractivity contribution in [3.8, 4) is 0 Å². The molecular formula is C22H19N5O5. The SMILES string of the molecule is Cc1c(C(=O)Nc2ccncc2)oc2c1/C(=N/NC(=O)c1cccc([N+](=O)[O-])c1)CCC2. The molecule has 3 aromatic rings. The minimum Gasteiger partial charge on any atom is -0.455 e. The maximum Gasteiger partial charge on any atom is 0.291 e. The second-order valence-electron chi connectivity index (χ2n) is 7.20. The smallest absolute Gasteiger partial charge is 0.291 e. The summed E-state index contributed by atoms with van der Waals surface area (Å²) in [5, 5.41) is 17.9. The van der Waals surface area contributed by atoms with Gasteiger partial charge in [-0.2, -0.15) is 5.10 Å². The Kier molecular flexibility index (Phi) is 5.75. The fraction of sp³-hybridized carbons (Fsp3) is 0.182. The summed E-state index contributed by atoms with van der Waals surface area (Å²) < 4.78 is 5.84. The number of nitro benzene ring substituents is 1. The number of nitrogens with one attached hydrogen (secondary N) is 2. The molecule has 0 radical (unpaired) electrons. The third-order valence-electron chi connectivity index (χ3n) is 5.08. The number of rotatable bonds is 5. The van der Waals surface area contributed by atoms with Crippen LogP contribution in [0.4, 0.5) is 11.4 Å². The zero-order valence-electron chi connectivity index (χ0n) is 17.1. The first-order chi connectivity index (χ1) is 15.4. The Labute approximate surface area is 182 Å². The summed E-state index contributed by atoms with van der Waals surface area (Å²) in [4.78, 5) is 39.4. The number of hydrazone groups is 1. The van der Waals surface area contributed by atoms with Crippen molar-refractivity contribution in [3.63, 3.8) is 0 Å². The molecule has 1 aliphatic rings. The average Bonchev–Trinajstić information content (AvgIpc) is 3.15. The van der Waals surface area contributed by atoms with Crippen LogP contribution in [0.25, 0.3) is 0 Å². The van der Waals surface area contributed by atoms with E-state index in [1.54, 1.807) is 31.5 Å². The molecule has 0 atom stereocenters. The summed E-state index contributed by atoms with van der Waals surface area (Å²) >= 11 is 0. The third kappa shape index (κ3) is 4.24. The molecule has 32 heavy (non-hydrogen) atoms. The number of benzene rings is 1. The van der Waals surface area contributed by atoms with E-state index in [9.17, 15) is 19.7 Å². The molecule has 10 nitrogen and oxygen atoms in total. The van der Waals surface area contributed by atoms with Crippen LogP contribution in [0.1, 0.15) is 50.6 Å². The number of anilines is 1. The number of carbonyl (C=O) groups excluding carboxylic acids is 2. The zero-order valence-corrected chi connectivity index (χ0v) is 17.1. The Morgan fingerprint density at radius 2 is 1.94 bits per heavy atom. The van der Waals surface area contributed by atoms with Gasteiger partial charge >= 0.3 is 0 Å². The molecule has 1 aliphatic carbocycles.